The van der Waals surface area contributed by atoms with E-state index in [1.807, 2.05) is 0 Å². The van der Waals surface area contributed by atoms with E-state index in [-0.39, 0.29) is 0 Å². The summed E-state index contributed by atoms with van der Waals surface area (Å²) in [5, 5.41) is 0. The quantitative estimate of drug-likeness (QED) is 0.701. The molecule has 1 aromatic rings. The fourth-order valence-electron chi connectivity index (χ4n) is 2.20. The molecular formula is C12H18N2. The summed E-state index contributed by atoms with van der Waals surface area (Å²) in [5.41, 5.74) is 2.99. The van der Waals surface area contributed by atoms with Crippen molar-refractivity contribution in [2.45, 2.75) is 12.6 Å². The van der Waals surface area contributed by atoms with Crippen LogP contribution in [0.1, 0.15) is 17.2 Å². The molecule has 1 unspecified atom stereocenters. The highest BCUT2D eigenvalue weighted by molar-refractivity contribution is 5.34. The van der Waals surface area contributed by atoms with Crippen LogP contribution in [0.5, 0.6) is 0 Å². The molecule has 0 aromatic heterocycles. The Labute approximate surface area is 86.1 Å². The maximum absolute atomic E-state index is 2.42. The lowest BCUT2D eigenvalue weighted by molar-refractivity contribution is 0.214. The van der Waals surface area contributed by atoms with E-state index in [1.54, 1.807) is 0 Å². The first kappa shape index (κ1) is 9.69. The number of fused-ring (bicyclic) bond motifs is 1. The molecule has 0 spiro atoms. The molecule has 0 radical (unpaired) electrons. The Hall–Kier alpha value is -0.860. The molecule has 0 fully saturated rings. The highest BCUT2D eigenvalue weighted by atomic mass is 15.2. The molecule has 0 amide bonds. The van der Waals surface area contributed by atoms with E-state index in [1.165, 1.54) is 11.1 Å². The molecule has 1 heterocycles. The van der Waals surface area contributed by atoms with Crippen LogP contribution in [0, 0.1) is 0 Å². The highest BCUT2D eigenvalue weighted by Gasteiger charge is 2.26. The van der Waals surface area contributed by atoms with Crippen molar-refractivity contribution in [3.8, 4) is 0 Å². The first-order chi connectivity index (χ1) is 6.68. The number of hydrogen-bond acceptors (Lipinski definition) is 2. The maximum atomic E-state index is 2.42. The van der Waals surface area contributed by atoms with E-state index >= 15 is 0 Å². The van der Waals surface area contributed by atoms with E-state index in [4.69, 9.17) is 0 Å². The highest BCUT2D eigenvalue weighted by Crippen LogP contribution is 2.31. The number of hydrogen-bond donors (Lipinski definition) is 0. The molecule has 1 aliphatic heterocycles. The van der Waals surface area contributed by atoms with Gasteiger partial charge in [0.25, 0.3) is 0 Å². The summed E-state index contributed by atoms with van der Waals surface area (Å²) in [5.74, 6) is 0. The van der Waals surface area contributed by atoms with Crippen LogP contribution >= 0.6 is 0 Å². The molecule has 0 N–H and O–H groups in total. The van der Waals surface area contributed by atoms with Crippen LogP contribution in [-0.4, -0.2) is 37.5 Å². The van der Waals surface area contributed by atoms with Crippen LogP contribution in [0.2, 0.25) is 0 Å². The molecule has 1 aromatic carbocycles. The van der Waals surface area contributed by atoms with Gasteiger partial charge in [0.2, 0.25) is 0 Å². The Bertz CT molecular complexity index is 320. The molecular weight excluding hydrogens is 172 g/mol. The van der Waals surface area contributed by atoms with E-state index < -0.39 is 0 Å². The topological polar surface area (TPSA) is 6.48 Å². The van der Waals surface area contributed by atoms with E-state index in [2.05, 4.69) is 55.2 Å². The van der Waals surface area contributed by atoms with Crippen LogP contribution in [0.4, 0.5) is 0 Å². The Morgan fingerprint density at radius 2 is 2.07 bits per heavy atom. The largest absolute Gasteiger partial charge is 0.307 e. The van der Waals surface area contributed by atoms with E-state index in [0.717, 1.165) is 13.1 Å². The molecule has 0 saturated heterocycles. The summed E-state index contributed by atoms with van der Waals surface area (Å²) >= 11 is 0. The van der Waals surface area contributed by atoms with E-state index in [0.29, 0.717) is 6.04 Å². The molecule has 2 nitrogen and oxygen atoms in total. The fraction of sp³-hybridized carbons (Fsp3) is 0.500. The minimum atomic E-state index is 0.571. The van der Waals surface area contributed by atoms with Crippen molar-refractivity contribution in [3.63, 3.8) is 0 Å². The number of nitrogens with zero attached hydrogens (tertiary/aromatic N) is 2. The van der Waals surface area contributed by atoms with Crippen molar-refractivity contribution in [3.05, 3.63) is 35.4 Å². The van der Waals surface area contributed by atoms with Gasteiger partial charge in [-0.1, -0.05) is 24.3 Å². The van der Waals surface area contributed by atoms with Crippen molar-refractivity contribution >= 4 is 0 Å². The number of rotatable bonds is 2. The summed E-state index contributed by atoms with van der Waals surface area (Å²) in [6.07, 6.45) is 0. The second-order valence-corrected chi connectivity index (χ2v) is 4.39. The Morgan fingerprint density at radius 3 is 2.79 bits per heavy atom. The predicted octanol–water partition coefficient (Wildman–Crippen LogP) is 1.73. The summed E-state index contributed by atoms with van der Waals surface area (Å²) < 4.78 is 0. The van der Waals surface area contributed by atoms with Gasteiger partial charge in [-0.3, -0.25) is 4.90 Å². The molecule has 14 heavy (non-hydrogen) atoms. The van der Waals surface area contributed by atoms with Gasteiger partial charge in [-0.05, 0) is 32.3 Å². The van der Waals surface area contributed by atoms with Gasteiger partial charge in [0.15, 0.2) is 0 Å². The maximum Gasteiger partial charge on any atom is 0.0478 e. The third-order valence-corrected chi connectivity index (χ3v) is 2.90. The minimum Gasteiger partial charge on any atom is -0.307 e. The summed E-state index contributed by atoms with van der Waals surface area (Å²) in [6, 6.07) is 9.33. The van der Waals surface area contributed by atoms with Crippen LogP contribution < -0.4 is 0 Å². The third-order valence-electron chi connectivity index (χ3n) is 2.90. The normalized spacial score (nSPS) is 21.6. The fourth-order valence-corrected chi connectivity index (χ4v) is 2.20. The lowest BCUT2D eigenvalue weighted by atomic mass is 10.1. The molecule has 1 atom stereocenters. The number of likely N-dealkylation sites (N-methyl/N-ethyl adjacent to an activating group) is 2. The van der Waals surface area contributed by atoms with Crippen LogP contribution in [0.25, 0.3) is 0 Å². The predicted molar refractivity (Wildman–Crippen MR) is 59.2 cm³/mol. The van der Waals surface area contributed by atoms with Gasteiger partial charge in [0.1, 0.15) is 0 Å². The Balaban J connectivity index is 2.25. The smallest absolute Gasteiger partial charge is 0.0478 e. The zero-order chi connectivity index (χ0) is 10.1. The molecule has 0 aliphatic carbocycles. The third kappa shape index (κ3) is 1.68. The monoisotopic (exact) mass is 190 g/mol. The van der Waals surface area contributed by atoms with Gasteiger partial charge in [-0.2, -0.15) is 0 Å². The van der Waals surface area contributed by atoms with Crippen molar-refractivity contribution in [2.75, 3.05) is 27.7 Å². The first-order valence-electron chi connectivity index (χ1n) is 5.11. The minimum absolute atomic E-state index is 0.571. The first-order valence-corrected chi connectivity index (χ1v) is 5.11. The van der Waals surface area contributed by atoms with Crippen molar-refractivity contribution in [1.82, 2.24) is 9.80 Å². The molecule has 1 aliphatic rings. The zero-order valence-corrected chi connectivity index (χ0v) is 9.20. The summed E-state index contributed by atoms with van der Waals surface area (Å²) in [7, 11) is 6.47. The van der Waals surface area contributed by atoms with Crippen molar-refractivity contribution in [1.29, 1.82) is 0 Å². The average molecular weight is 190 g/mol. The van der Waals surface area contributed by atoms with Crippen LogP contribution in [0.3, 0.4) is 0 Å². The van der Waals surface area contributed by atoms with Crippen LogP contribution in [-0.2, 0) is 6.54 Å². The standard InChI is InChI=1S/C12H18N2/c1-13(2)9-12-11-7-5-4-6-10(11)8-14(12)3/h4-7,12H,8-9H2,1-3H3. The van der Waals surface area contributed by atoms with Gasteiger partial charge < -0.3 is 4.90 Å². The summed E-state index contributed by atoms with van der Waals surface area (Å²) in [4.78, 5) is 4.67. The summed E-state index contributed by atoms with van der Waals surface area (Å²) in [6.45, 7) is 2.20. The lowest BCUT2D eigenvalue weighted by Gasteiger charge is -2.23. The molecule has 0 saturated carbocycles. The SMILES string of the molecule is CN(C)CC1c2ccccc2CN1C. The second kappa shape index (κ2) is 3.71. The van der Waals surface area contributed by atoms with Gasteiger partial charge in [0, 0.05) is 19.1 Å². The molecule has 0 bridgehead atoms. The second-order valence-electron chi connectivity index (χ2n) is 4.39. The molecule has 2 rings (SSSR count). The number of benzene rings is 1. The molecule has 2 heteroatoms. The zero-order valence-electron chi connectivity index (χ0n) is 9.20. The lowest BCUT2D eigenvalue weighted by Crippen LogP contribution is -2.27. The van der Waals surface area contributed by atoms with Crippen molar-refractivity contribution < 1.29 is 0 Å². The Morgan fingerprint density at radius 1 is 1.36 bits per heavy atom. The van der Waals surface area contributed by atoms with Gasteiger partial charge in [0.05, 0.1) is 0 Å². The average Bonchev–Trinajstić information content (AvgIpc) is 2.43. The van der Waals surface area contributed by atoms with Crippen molar-refractivity contribution in [2.24, 2.45) is 0 Å². The van der Waals surface area contributed by atoms with Gasteiger partial charge >= 0.3 is 0 Å². The molecule has 76 valence electrons. The van der Waals surface area contributed by atoms with Gasteiger partial charge in [-0.25, -0.2) is 0 Å². The van der Waals surface area contributed by atoms with Gasteiger partial charge in [-0.15, -0.1) is 0 Å². The van der Waals surface area contributed by atoms with E-state index in [9.17, 15) is 0 Å². The van der Waals surface area contributed by atoms with Crippen LogP contribution in [0.15, 0.2) is 24.3 Å². The Kier molecular flexibility index (Phi) is 2.57.